The van der Waals surface area contributed by atoms with Crippen molar-refractivity contribution in [3.8, 4) is 0 Å². The maximum absolute atomic E-state index is 12.4. The van der Waals surface area contributed by atoms with Gasteiger partial charge >= 0.3 is 11.9 Å². The first kappa shape index (κ1) is 26.5. The average Bonchev–Trinajstić information content (AvgIpc) is 3.28. The molecule has 0 aliphatic rings. The van der Waals surface area contributed by atoms with Crippen molar-refractivity contribution in [1.82, 2.24) is 15.3 Å². The van der Waals surface area contributed by atoms with Crippen molar-refractivity contribution in [3.63, 3.8) is 0 Å². The summed E-state index contributed by atoms with van der Waals surface area (Å²) in [4.78, 5) is 55.8. The molecule has 5 N–H and O–H groups in total. The number of anilines is 1. The minimum atomic E-state index is -1.29. The lowest BCUT2D eigenvalue weighted by atomic mass is 10.1. The number of carbonyl (C=O) groups is 3. The van der Waals surface area contributed by atoms with Crippen molar-refractivity contribution in [2.45, 2.75) is 32.4 Å². The van der Waals surface area contributed by atoms with E-state index in [2.05, 4.69) is 15.3 Å². The first-order valence-electron chi connectivity index (χ1n) is 10.1. The first-order chi connectivity index (χ1) is 16.1. The van der Waals surface area contributed by atoms with Gasteiger partial charge in [-0.25, -0.2) is 9.78 Å². The molecule has 0 saturated heterocycles. The molecular weight excluding hydrogens is 464 g/mol. The fraction of sp³-hybridized carbons (Fsp3) is 0.318. The molecule has 1 unspecified atom stereocenters. The van der Waals surface area contributed by atoms with Gasteiger partial charge in [0, 0.05) is 27.1 Å². The molecule has 2 heterocycles. The summed E-state index contributed by atoms with van der Waals surface area (Å²) in [6.07, 6.45) is -0.566. The largest absolute Gasteiger partial charge is 0.481 e. The number of aromatic nitrogens is 2. The number of fused-ring (bicyclic) bond motifs is 1. The number of carboxylic acids is 2. The molecule has 0 aliphatic carbocycles. The van der Waals surface area contributed by atoms with Gasteiger partial charge in [0.05, 0.1) is 20.8 Å². The van der Waals surface area contributed by atoms with E-state index in [9.17, 15) is 24.3 Å². The summed E-state index contributed by atoms with van der Waals surface area (Å²) < 4.78 is 0. The zero-order chi connectivity index (χ0) is 25.4. The average molecular weight is 491 g/mol. The molecule has 11 nitrogen and oxygen atoms in total. The number of nitrogens with one attached hydrogen (secondary N) is 2. The summed E-state index contributed by atoms with van der Waals surface area (Å²) >= 11 is 1.18. The van der Waals surface area contributed by atoms with Crippen LogP contribution in [0.5, 0.6) is 0 Å². The first-order valence-corrected chi connectivity index (χ1v) is 11.0. The van der Waals surface area contributed by atoms with Gasteiger partial charge in [-0.1, -0.05) is 6.07 Å². The smallest absolute Gasteiger partial charge is 0.326 e. The van der Waals surface area contributed by atoms with Crippen molar-refractivity contribution in [1.29, 1.82) is 0 Å². The summed E-state index contributed by atoms with van der Waals surface area (Å²) in [7, 11) is 2.84. The van der Waals surface area contributed by atoms with E-state index in [0.717, 1.165) is 17.7 Å². The molecule has 1 aromatic carbocycles. The molecule has 3 aromatic rings. The summed E-state index contributed by atoms with van der Waals surface area (Å²) in [6.45, 7) is 2.19. The number of nitrogens with zero attached hydrogens (tertiary/aromatic N) is 2. The van der Waals surface area contributed by atoms with Gasteiger partial charge in [-0.15, -0.1) is 11.3 Å². The van der Waals surface area contributed by atoms with Crippen LogP contribution in [0.3, 0.4) is 0 Å². The number of hydrogen-bond acceptors (Lipinski definition) is 8. The van der Waals surface area contributed by atoms with E-state index in [1.165, 1.54) is 11.3 Å². The van der Waals surface area contributed by atoms with Crippen molar-refractivity contribution < 1.29 is 29.7 Å². The predicted molar refractivity (Wildman–Crippen MR) is 127 cm³/mol. The highest BCUT2D eigenvalue weighted by Crippen LogP contribution is 2.27. The number of carbonyl (C=O) groups excluding carboxylic acids is 1. The zero-order valence-corrected chi connectivity index (χ0v) is 19.7. The fourth-order valence-corrected chi connectivity index (χ4v) is 4.03. The van der Waals surface area contributed by atoms with E-state index in [1.54, 1.807) is 31.2 Å². The van der Waals surface area contributed by atoms with Crippen LogP contribution in [0, 0.1) is 6.92 Å². The molecule has 0 aliphatic heterocycles. The van der Waals surface area contributed by atoms with E-state index >= 15 is 0 Å². The third-order valence-electron chi connectivity index (χ3n) is 4.75. The Kier molecular flexibility index (Phi) is 9.27. The molecule has 2 aromatic heterocycles. The molecule has 0 saturated carbocycles. The maximum atomic E-state index is 12.4. The van der Waals surface area contributed by atoms with Gasteiger partial charge in [0.15, 0.2) is 0 Å². The Morgan fingerprint density at radius 3 is 2.53 bits per heavy atom. The predicted octanol–water partition coefficient (Wildman–Crippen LogP) is 1.59. The number of aliphatic carboxylic acids is 2. The van der Waals surface area contributed by atoms with Gasteiger partial charge in [0.1, 0.15) is 11.9 Å². The van der Waals surface area contributed by atoms with E-state index in [-0.39, 0.29) is 18.4 Å². The lowest BCUT2D eigenvalue weighted by Gasteiger charge is -2.17. The molecule has 1 amide bonds. The summed E-state index contributed by atoms with van der Waals surface area (Å²) in [6, 6.07) is 7.49. The molecule has 0 fully saturated rings. The van der Waals surface area contributed by atoms with Gasteiger partial charge in [-0.3, -0.25) is 14.4 Å². The van der Waals surface area contributed by atoms with Gasteiger partial charge in [0.25, 0.3) is 11.5 Å². The van der Waals surface area contributed by atoms with Crippen LogP contribution in [-0.2, 0) is 16.1 Å². The van der Waals surface area contributed by atoms with Crippen molar-refractivity contribution >= 4 is 45.1 Å². The number of carboxylic acid groups (broad SMARTS) is 2. The number of aryl methyl sites for hydroxylation is 1. The Morgan fingerprint density at radius 2 is 1.88 bits per heavy atom. The second kappa shape index (κ2) is 11.9. The minimum absolute atomic E-state index is 0.204. The van der Waals surface area contributed by atoms with Gasteiger partial charge < -0.3 is 30.5 Å². The minimum Gasteiger partial charge on any atom is -0.481 e. The maximum Gasteiger partial charge on any atom is 0.326 e. The molecular formula is C22H26N4O7S. The number of hydrogen-bond donors (Lipinski definition) is 5. The fourth-order valence-electron chi connectivity index (χ4n) is 3.16. The molecule has 182 valence electrons. The number of amides is 1. The van der Waals surface area contributed by atoms with Crippen LogP contribution >= 0.6 is 11.3 Å². The third-order valence-corrected chi connectivity index (χ3v) is 5.95. The third kappa shape index (κ3) is 6.86. The van der Waals surface area contributed by atoms with Crippen LogP contribution in [0.15, 0.2) is 35.1 Å². The number of thiophene rings is 1. The summed E-state index contributed by atoms with van der Waals surface area (Å²) in [5.74, 6) is -2.45. The molecule has 3 rings (SSSR count). The molecule has 1 atom stereocenters. The number of H-pyrrole nitrogens is 1. The zero-order valence-electron chi connectivity index (χ0n) is 18.9. The van der Waals surface area contributed by atoms with Crippen molar-refractivity contribution in [2.24, 2.45) is 0 Å². The highest BCUT2D eigenvalue weighted by atomic mass is 32.1. The van der Waals surface area contributed by atoms with Gasteiger partial charge in [-0.05, 0) is 43.2 Å². The van der Waals surface area contributed by atoms with E-state index < -0.39 is 23.9 Å². The number of aliphatic hydroxyl groups excluding tert-OH is 1. The molecule has 0 spiro atoms. The lowest BCUT2D eigenvalue weighted by molar-refractivity contribution is -0.140. The normalized spacial score (nSPS) is 11.3. The Bertz CT molecular complexity index is 1240. The number of rotatable bonds is 9. The number of benzene rings is 1. The van der Waals surface area contributed by atoms with Gasteiger partial charge in [-0.2, -0.15) is 0 Å². The van der Waals surface area contributed by atoms with Crippen LogP contribution in [-0.4, -0.2) is 63.3 Å². The monoisotopic (exact) mass is 490 g/mol. The van der Waals surface area contributed by atoms with Crippen LogP contribution < -0.4 is 15.8 Å². The molecule has 0 bridgehead atoms. The molecule has 0 radical (unpaired) electrons. The summed E-state index contributed by atoms with van der Waals surface area (Å²) in [5, 5.41) is 28.6. The highest BCUT2D eigenvalue weighted by Gasteiger charge is 2.22. The lowest BCUT2D eigenvalue weighted by Crippen LogP contribution is -2.40. The number of aromatic amines is 1. The van der Waals surface area contributed by atoms with E-state index in [1.807, 2.05) is 18.0 Å². The Balaban J connectivity index is 0.00000199. The van der Waals surface area contributed by atoms with Crippen molar-refractivity contribution in [3.05, 3.63) is 57.0 Å². The standard InChI is InChI=1S/C21H22N4O6S.CH4O/c1-11-22-14-4-3-12(9-13(14)19(28)23-11)10-25(2)17-7-6-16(32-17)20(29)24-15(21(30)31)5-8-18(26)27;1-2/h3-4,6-7,9,15H,5,8,10H2,1-2H3,(H,24,29)(H,26,27)(H,30,31)(H,22,23,28);2H,1H3. The SMILES string of the molecule is CO.Cc1nc2ccc(CN(C)c3ccc(C(=O)NC(CCC(=O)O)C(=O)O)s3)cc2c(=O)[nH]1. The van der Waals surface area contributed by atoms with Crippen LogP contribution in [0.25, 0.3) is 10.9 Å². The Labute approximate surface area is 198 Å². The quantitative estimate of drug-likeness (QED) is 0.298. The topological polar surface area (TPSA) is 173 Å². The summed E-state index contributed by atoms with van der Waals surface area (Å²) in [5.41, 5.74) is 1.29. The highest BCUT2D eigenvalue weighted by molar-refractivity contribution is 7.17. The van der Waals surface area contributed by atoms with E-state index in [0.29, 0.717) is 28.1 Å². The molecule has 34 heavy (non-hydrogen) atoms. The second-order valence-corrected chi connectivity index (χ2v) is 8.36. The molecule has 12 heteroatoms. The Morgan fingerprint density at radius 1 is 1.18 bits per heavy atom. The van der Waals surface area contributed by atoms with Crippen LogP contribution in [0.1, 0.15) is 33.9 Å². The van der Waals surface area contributed by atoms with Crippen molar-refractivity contribution in [2.75, 3.05) is 19.1 Å². The Hall–Kier alpha value is -3.77. The van der Waals surface area contributed by atoms with Crippen LogP contribution in [0.2, 0.25) is 0 Å². The van der Waals surface area contributed by atoms with Crippen LogP contribution in [0.4, 0.5) is 5.00 Å². The number of aliphatic hydroxyl groups is 1. The van der Waals surface area contributed by atoms with E-state index in [4.69, 9.17) is 10.2 Å². The second-order valence-electron chi connectivity index (χ2n) is 7.29. The van der Waals surface area contributed by atoms with Gasteiger partial charge in [0.2, 0.25) is 0 Å².